The van der Waals surface area contributed by atoms with Gasteiger partial charge in [-0.1, -0.05) is 0 Å². The van der Waals surface area contributed by atoms with Crippen molar-refractivity contribution in [2.24, 2.45) is 0 Å². The first-order valence-corrected chi connectivity index (χ1v) is 12.7. The quantitative estimate of drug-likeness (QED) is 0.286. The van der Waals surface area contributed by atoms with Crippen molar-refractivity contribution in [2.75, 3.05) is 11.1 Å². The van der Waals surface area contributed by atoms with Gasteiger partial charge in [-0.15, -0.1) is 0 Å². The number of halogens is 1. The molecule has 3 saturated heterocycles. The molecule has 3 aliphatic heterocycles. The van der Waals surface area contributed by atoms with Crippen LogP contribution in [-0.2, 0) is 9.30 Å². The zero-order valence-electron chi connectivity index (χ0n) is 17.0. The first-order valence-electron chi connectivity index (χ1n) is 10.5. The molecular weight excluding hydrogens is 465 g/mol. The van der Waals surface area contributed by atoms with Crippen LogP contribution < -0.4 is 4.90 Å². The number of anilines is 1. The molecule has 14 heteroatoms. The Morgan fingerprint density at radius 3 is 2.47 bits per heavy atom. The number of aromatic nitrogens is 4. The molecule has 32 heavy (non-hydrogen) atoms. The fourth-order valence-electron chi connectivity index (χ4n) is 5.23. The number of aliphatic hydroxyl groups excluding tert-OH is 3. The molecular formula is C18H25ClN5O7P. The van der Waals surface area contributed by atoms with E-state index in [4.69, 9.17) is 26.1 Å². The van der Waals surface area contributed by atoms with Crippen LogP contribution in [0, 0.1) is 0 Å². The lowest BCUT2D eigenvalue weighted by atomic mass is 10.00. The van der Waals surface area contributed by atoms with Crippen LogP contribution in [0.1, 0.15) is 38.3 Å². The highest BCUT2D eigenvalue weighted by Gasteiger charge is 2.46. The lowest BCUT2D eigenvalue weighted by Gasteiger charge is -2.38. The first-order chi connectivity index (χ1) is 15.1. The van der Waals surface area contributed by atoms with Crippen molar-refractivity contribution in [1.82, 2.24) is 19.5 Å². The molecule has 0 aromatic carbocycles. The molecule has 0 amide bonds. The zero-order chi connectivity index (χ0) is 22.8. The lowest BCUT2D eigenvalue weighted by molar-refractivity contribution is -0.0355. The molecule has 3 fully saturated rings. The predicted molar refractivity (Wildman–Crippen MR) is 112 cm³/mol. The third-order valence-corrected chi connectivity index (χ3v) is 7.65. The van der Waals surface area contributed by atoms with Gasteiger partial charge in [0, 0.05) is 12.1 Å². The van der Waals surface area contributed by atoms with E-state index in [1.165, 1.54) is 10.9 Å². The Morgan fingerprint density at radius 1 is 1.12 bits per heavy atom. The summed E-state index contributed by atoms with van der Waals surface area (Å²) in [6, 6.07) is 0.241. The number of fused-ring (bicyclic) bond motifs is 3. The molecule has 0 aliphatic carbocycles. The maximum atomic E-state index is 11.2. The molecule has 2 aromatic heterocycles. The largest absolute Gasteiger partial charge is 0.393 e. The van der Waals surface area contributed by atoms with E-state index < -0.39 is 38.3 Å². The molecule has 0 spiro atoms. The van der Waals surface area contributed by atoms with Gasteiger partial charge in [-0.05, 0) is 43.7 Å². The van der Waals surface area contributed by atoms with E-state index in [1.54, 1.807) is 0 Å². The number of imidazole rings is 1. The van der Waals surface area contributed by atoms with Gasteiger partial charge in [0.2, 0.25) is 5.28 Å². The number of aliphatic hydroxyl groups is 3. The van der Waals surface area contributed by atoms with Gasteiger partial charge in [0.05, 0.1) is 24.7 Å². The summed E-state index contributed by atoms with van der Waals surface area (Å²) >= 11 is 6.24. The standard InChI is InChI=1S/C18H25ClN5O7P/c19-18-21-15-12(16(22-18)24-8-1-2-9(24)6-10(25)5-8)20-7-23(15)17-14(27)13(26)11(31-17)3-4-32(28,29)30/h7-11,13-14,17,25-27H,1-6H2,(H2,28,29,30). The van der Waals surface area contributed by atoms with Gasteiger partial charge < -0.3 is 34.7 Å². The number of rotatable bonds is 5. The van der Waals surface area contributed by atoms with E-state index in [0.29, 0.717) is 29.8 Å². The number of hydrogen-bond acceptors (Lipinski definition) is 9. The average Bonchev–Trinajstić information content (AvgIpc) is 3.33. The van der Waals surface area contributed by atoms with Crippen molar-refractivity contribution in [3.8, 4) is 0 Å². The second kappa shape index (κ2) is 8.14. The van der Waals surface area contributed by atoms with E-state index >= 15 is 0 Å². The lowest BCUT2D eigenvalue weighted by Crippen LogP contribution is -2.45. The second-order valence-corrected chi connectivity index (χ2v) is 10.9. The highest BCUT2D eigenvalue weighted by Crippen LogP contribution is 2.42. The Hall–Kier alpha value is -1.37. The third-order valence-electron chi connectivity index (χ3n) is 6.64. The van der Waals surface area contributed by atoms with Gasteiger partial charge in [0.25, 0.3) is 0 Å². The fraction of sp³-hybridized carbons (Fsp3) is 0.722. The van der Waals surface area contributed by atoms with Gasteiger partial charge in [0.1, 0.15) is 12.2 Å². The molecule has 5 N–H and O–H groups in total. The molecule has 0 radical (unpaired) electrons. The number of nitrogens with zero attached hydrogens (tertiary/aromatic N) is 5. The minimum absolute atomic E-state index is 0.00847. The van der Waals surface area contributed by atoms with Crippen molar-refractivity contribution in [2.45, 2.75) is 74.8 Å². The van der Waals surface area contributed by atoms with Crippen molar-refractivity contribution in [3.63, 3.8) is 0 Å². The fourth-order valence-corrected chi connectivity index (χ4v) is 5.98. The smallest absolute Gasteiger partial charge is 0.325 e. The summed E-state index contributed by atoms with van der Waals surface area (Å²) in [5.41, 5.74) is 0.782. The molecule has 2 bridgehead atoms. The van der Waals surface area contributed by atoms with Gasteiger partial charge >= 0.3 is 7.60 Å². The van der Waals surface area contributed by atoms with Crippen LogP contribution >= 0.6 is 19.2 Å². The summed E-state index contributed by atoms with van der Waals surface area (Å²) in [6.45, 7) is 0. The van der Waals surface area contributed by atoms with E-state index in [1.807, 2.05) is 0 Å². The van der Waals surface area contributed by atoms with E-state index in [0.717, 1.165) is 12.8 Å². The monoisotopic (exact) mass is 489 g/mol. The maximum absolute atomic E-state index is 11.2. The van der Waals surface area contributed by atoms with Gasteiger partial charge in [0.15, 0.2) is 23.2 Å². The Balaban J connectivity index is 1.47. The molecule has 3 aliphatic rings. The summed E-state index contributed by atoms with van der Waals surface area (Å²) in [7, 11) is -4.28. The Labute approximate surface area is 188 Å². The highest BCUT2D eigenvalue weighted by atomic mass is 35.5. The highest BCUT2D eigenvalue weighted by molar-refractivity contribution is 7.51. The molecule has 6 atom stereocenters. The van der Waals surface area contributed by atoms with Crippen LogP contribution in [-0.4, -0.2) is 87.3 Å². The topological polar surface area (TPSA) is 174 Å². The molecule has 0 saturated carbocycles. The van der Waals surface area contributed by atoms with Crippen LogP contribution in [0.3, 0.4) is 0 Å². The summed E-state index contributed by atoms with van der Waals surface area (Å²) in [5.74, 6) is 0.559. The zero-order valence-corrected chi connectivity index (χ0v) is 18.6. The second-order valence-electron chi connectivity index (χ2n) is 8.78. The SMILES string of the molecule is O=P(O)(O)CCC1OC(n2cnc3c(N4C5CCC4CC(O)C5)nc(Cl)nc32)C(O)C1O. The van der Waals surface area contributed by atoms with Crippen LogP contribution in [0.15, 0.2) is 6.33 Å². The predicted octanol–water partition coefficient (Wildman–Crippen LogP) is 0.159. The van der Waals surface area contributed by atoms with E-state index in [2.05, 4.69) is 19.9 Å². The number of piperidine rings is 1. The van der Waals surface area contributed by atoms with Crippen LogP contribution in [0.4, 0.5) is 5.82 Å². The van der Waals surface area contributed by atoms with Crippen molar-refractivity contribution in [3.05, 3.63) is 11.6 Å². The molecule has 2 aromatic rings. The molecule has 5 heterocycles. The minimum Gasteiger partial charge on any atom is -0.393 e. The molecule has 5 rings (SSSR count). The Morgan fingerprint density at radius 2 is 1.81 bits per heavy atom. The first kappa shape index (κ1) is 22.4. The van der Waals surface area contributed by atoms with Crippen molar-refractivity contribution < 1.29 is 34.4 Å². The average molecular weight is 490 g/mol. The number of hydrogen-bond donors (Lipinski definition) is 5. The summed E-state index contributed by atoms with van der Waals surface area (Å²) in [4.78, 5) is 33.5. The maximum Gasteiger partial charge on any atom is 0.325 e. The van der Waals surface area contributed by atoms with E-state index in [9.17, 15) is 19.9 Å². The minimum atomic E-state index is -4.28. The molecule has 6 unspecified atom stereocenters. The third kappa shape index (κ3) is 3.92. The Kier molecular flexibility index (Phi) is 5.70. The molecule has 12 nitrogen and oxygen atoms in total. The van der Waals surface area contributed by atoms with Gasteiger partial charge in [-0.25, -0.2) is 4.98 Å². The van der Waals surface area contributed by atoms with Crippen LogP contribution in [0.2, 0.25) is 5.28 Å². The normalized spacial score (nSPS) is 35.2. The molecule has 176 valence electrons. The van der Waals surface area contributed by atoms with Crippen LogP contribution in [0.25, 0.3) is 11.2 Å². The van der Waals surface area contributed by atoms with Gasteiger partial charge in [-0.3, -0.25) is 9.13 Å². The van der Waals surface area contributed by atoms with Crippen molar-refractivity contribution >= 4 is 36.2 Å². The Bertz CT molecular complexity index is 1050. The van der Waals surface area contributed by atoms with Gasteiger partial charge in [-0.2, -0.15) is 9.97 Å². The van der Waals surface area contributed by atoms with Crippen LogP contribution in [0.5, 0.6) is 0 Å². The summed E-state index contributed by atoms with van der Waals surface area (Å²) in [6.07, 6.45) is -1.08. The van der Waals surface area contributed by atoms with Crippen molar-refractivity contribution in [1.29, 1.82) is 0 Å². The van der Waals surface area contributed by atoms with E-state index in [-0.39, 0.29) is 29.9 Å². The summed E-state index contributed by atoms with van der Waals surface area (Å²) in [5, 5.41) is 31.0. The summed E-state index contributed by atoms with van der Waals surface area (Å²) < 4.78 is 18.4. The number of ether oxygens (including phenoxy) is 1.